The average Bonchev–Trinajstić information content (AvgIpc) is 3.57. The summed E-state index contributed by atoms with van der Waals surface area (Å²) in [5, 5.41) is 4.75. The fourth-order valence-corrected chi connectivity index (χ4v) is 11.3. The molecule has 1 atom stereocenters. The minimum atomic E-state index is 0.0907. The van der Waals surface area contributed by atoms with Crippen molar-refractivity contribution < 1.29 is 0 Å². The van der Waals surface area contributed by atoms with E-state index in [2.05, 4.69) is 319 Å². The Kier molecular flexibility index (Phi) is 12.5. The highest BCUT2D eigenvalue weighted by Gasteiger charge is 2.25. The molecular formula is C74H54N2. The van der Waals surface area contributed by atoms with Crippen LogP contribution in [0.15, 0.2) is 309 Å². The first-order chi connectivity index (χ1) is 37.7. The molecule has 0 bridgehead atoms. The Morgan fingerprint density at radius 2 is 0.645 bits per heavy atom. The van der Waals surface area contributed by atoms with Gasteiger partial charge in [0, 0.05) is 28.4 Å². The van der Waals surface area contributed by atoms with Gasteiger partial charge >= 0.3 is 0 Å². The molecule has 0 N–H and O–H groups in total. The van der Waals surface area contributed by atoms with Gasteiger partial charge < -0.3 is 9.80 Å². The molecule has 76 heavy (non-hydrogen) atoms. The van der Waals surface area contributed by atoms with Crippen LogP contribution in [0.5, 0.6) is 0 Å². The summed E-state index contributed by atoms with van der Waals surface area (Å²) >= 11 is 0. The Bertz CT molecular complexity index is 4040. The molecular weight excluding hydrogens is 917 g/mol. The predicted octanol–water partition coefficient (Wildman–Crippen LogP) is 20.3. The van der Waals surface area contributed by atoms with Gasteiger partial charge in [-0.05, 0) is 168 Å². The molecule has 0 aromatic heterocycles. The van der Waals surface area contributed by atoms with Gasteiger partial charge in [0.25, 0.3) is 0 Å². The van der Waals surface area contributed by atoms with Gasteiger partial charge in [-0.25, -0.2) is 0 Å². The van der Waals surface area contributed by atoms with Gasteiger partial charge in [-0.1, -0.05) is 237 Å². The van der Waals surface area contributed by atoms with Gasteiger partial charge in [0.15, 0.2) is 0 Å². The van der Waals surface area contributed by atoms with E-state index in [-0.39, 0.29) is 6.04 Å². The van der Waals surface area contributed by atoms with Crippen LogP contribution >= 0.6 is 0 Å². The van der Waals surface area contributed by atoms with E-state index in [9.17, 15) is 0 Å². The summed E-state index contributed by atoms with van der Waals surface area (Å²) in [5.41, 5.74) is 19.9. The van der Waals surface area contributed by atoms with E-state index in [1.165, 1.54) is 82.8 Å². The standard InChI is InChI=1S/C74H54N2/c1-7-21-53(22-8-1)57-37-41-65(42-38-57)75(63-33-15-5-16-34-63)67-45-47-69-71(51-67)73(61-31-19-29-59(49-61)55-25-11-3-12-26-55)70-48-46-68(52-72(70)74(69)62-32-20-30-60(50-62)56-27-13-4-14-28-56)76(64-35-17-6-18-36-64)66-43-39-58(40-44-66)54-23-9-2-10-24-54/h1-43,45-52,66H,44H2. The third kappa shape index (κ3) is 9.08. The van der Waals surface area contributed by atoms with Crippen molar-refractivity contribution in [3.05, 3.63) is 315 Å². The van der Waals surface area contributed by atoms with Crippen molar-refractivity contribution in [1.29, 1.82) is 0 Å². The molecule has 0 fully saturated rings. The lowest BCUT2D eigenvalue weighted by atomic mass is 9.84. The third-order valence-electron chi connectivity index (χ3n) is 14.9. The molecule has 1 unspecified atom stereocenters. The number of fused-ring (bicyclic) bond motifs is 2. The molecule has 360 valence electrons. The molecule has 0 amide bonds. The van der Waals surface area contributed by atoms with E-state index in [0.717, 1.165) is 40.4 Å². The van der Waals surface area contributed by atoms with Crippen molar-refractivity contribution >= 4 is 55.6 Å². The molecule has 0 spiro atoms. The number of hydrogen-bond donors (Lipinski definition) is 0. The summed E-state index contributed by atoms with van der Waals surface area (Å²) < 4.78 is 0. The highest BCUT2D eigenvalue weighted by Crippen LogP contribution is 2.49. The van der Waals surface area contributed by atoms with Crippen molar-refractivity contribution in [2.45, 2.75) is 12.5 Å². The van der Waals surface area contributed by atoms with Crippen molar-refractivity contribution in [3.63, 3.8) is 0 Å². The second-order valence-corrected chi connectivity index (χ2v) is 19.6. The van der Waals surface area contributed by atoms with Crippen LogP contribution in [0.3, 0.4) is 0 Å². The van der Waals surface area contributed by atoms with Crippen LogP contribution in [0.2, 0.25) is 0 Å². The van der Waals surface area contributed by atoms with Crippen molar-refractivity contribution in [1.82, 2.24) is 0 Å². The quantitative estimate of drug-likeness (QED) is 0.113. The number of para-hydroxylation sites is 2. The minimum Gasteiger partial charge on any atom is -0.334 e. The number of benzene rings is 12. The van der Waals surface area contributed by atoms with Crippen LogP contribution < -0.4 is 9.80 Å². The van der Waals surface area contributed by atoms with E-state index in [1.54, 1.807) is 0 Å². The van der Waals surface area contributed by atoms with E-state index in [0.29, 0.717) is 0 Å². The lowest BCUT2D eigenvalue weighted by molar-refractivity contribution is 0.787. The van der Waals surface area contributed by atoms with Gasteiger partial charge in [0.2, 0.25) is 0 Å². The summed E-state index contributed by atoms with van der Waals surface area (Å²) in [6.07, 6.45) is 7.96. The van der Waals surface area contributed by atoms with E-state index in [4.69, 9.17) is 0 Å². The zero-order chi connectivity index (χ0) is 50.6. The first-order valence-corrected chi connectivity index (χ1v) is 26.3. The highest BCUT2D eigenvalue weighted by atomic mass is 15.2. The average molecular weight is 971 g/mol. The van der Waals surface area contributed by atoms with Crippen LogP contribution in [-0.4, -0.2) is 6.04 Å². The van der Waals surface area contributed by atoms with Gasteiger partial charge in [0.1, 0.15) is 0 Å². The summed E-state index contributed by atoms with van der Waals surface area (Å²) in [5.74, 6) is 0. The Balaban J connectivity index is 1.07. The molecule has 0 saturated heterocycles. The molecule has 12 aromatic carbocycles. The number of rotatable bonds is 12. The molecule has 2 nitrogen and oxygen atoms in total. The van der Waals surface area contributed by atoms with Crippen molar-refractivity contribution in [2.75, 3.05) is 9.80 Å². The van der Waals surface area contributed by atoms with Gasteiger partial charge in [-0.2, -0.15) is 0 Å². The van der Waals surface area contributed by atoms with E-state index < -0.39 is 0 Å². The number of anilines is 5. The second kappa shape index (κ2) is 20.6. The fourth-order valence-electron chi connectivity index (χ4n) is 11.3. The fraction of sp³-hybridized carbons (Fsp3) is 0.0270. The maximum Gasteiger partial charge on any atom is 0.0560 e. The summed E-state index contributed by atoms with van der Waals surface area (Å²) in [6.45, 7) is 0. The topological polar surface area (TPSA) is 6.48 Å². The number of nitrogens with zero attached hydrogens (tertiary/aromatic N) is 2. The second-order valence-electron chi connectivity index (χ2n) is 19.6. The van der Waals surface area contributed by atoms with Gasteiger partial charge in [-0.15, -0.1) is 0 Å². The Labute approximate surface area is 446 Å². The lowest BCUT2D eigenvalue weighted by Gasteiger charge is -2.34. The van der Waals surface area contributed by atoms with Crippen LogP contribution in [0.1, 0.15) is 12.0 Å². The van der Waals surface area contributed by atoms with Crippen LogP contribution in [0, 0.1) is 0 Å². The van der Waals surface area contributed by atoms with E-state index in [1.807, 2.05) is 0 Å². The zero-order valence-electron chi connectivity index (χ0n) is 42.1. The largest absolute Gasteiger partial charge is 0.334 e. The molecule has 0 aliphatic heterocycles. The van der Waals surface area contributed by atoms with Gasteiger partial charge in [-0.3, -0.25) is 0 Å². The Morgan fingerprint density at radius 1 is 0.263 bits per heavy atom. The summed E-state index contributed by atoms with van der Waals surface area (Å²) in [6, 6.07) is 106. The first kappa shape index (κ1) is 46.1. The normalized spacial score (nSPS) is 13.1. The number of hydrogen-bond acceptors (Lipinski definition) is 2. The SMILES string of the molecule is C1=CC(N(c2ccccc2)c2ccc3c(-c4cccc(-c5ccccc5)c4)c4cc(N(c5ccccc5)c5ccc(-c6ccccc6)cc5)ccc4c(-c4cccc(-c5ccccc5)c4)c3c2)CC=C1c1ccccc1. The Morgan fingerprint density at radius 3 is 1.14 bits per heavy atom. The minimum absolute atomic E-state index is 0.0907. The first-order valence-electron chi connectivity index (χ1n) is 26.3. The summed E-state index contributed by atoms with van der Waals surface area (Å²) in [7, 11) is 0. The molecule has 1 aliphatic rings. The smallest absolute Gasteiger partial charge is 0.0560 e. The third-order valence-corrected chi connectivity index (χ3v) is 14.9. The number of allylic oxidation sites excluding steroid dienone is 2. The maximum atomic E-state index is 2.53. The monoisotopic (exact) mass is 970 g/mol. The molecule has 1 aliphatic carbocycles. The van der Waals surface area contributed by atoms with Crippen LogP contribution in [0.25, 0.3) is 82.8 Å². The molecule has 0 heterocycles. The molecule has 0 saturated carbocycles. The maximum absolute atomic E-state index is 2.53. The summed E-state index contributed by atoms with van der Waals surface area (Å²) in [4.78, 5) is 4.93. The molecule has 2 heteroatoms. The predicted molar refractivity (Wildman–Crippen MR) is 324 cm³/mol. The van der Waals surface area contributed by atoms with Crippen LogP contribution in [-0.2, 0) is 0 Å². The zero-order valence-corrected chi connectivity index (χ0v) is 42.1. The van der Waals surface area contributed by atoms with Crippen molar-refractivity contribution in [2.24, 2.45) is 0 Å². The lowest BCUT2D eigenvalue weighted by Crippen LogP contribution is -2.30. The molecule has 13 rings (SSSR count). The molecule has 12 aromatic rings. The highest BCUT2D eigenvalue weighted by molar-refractivity contribution is 6.23. The van der Waals surface area contributed by atoms with E-state index >= 15 is 0 Å². The Hall–Kier alpha value is -9.76. The molecule has 0 radical (unpaired) electrons. The van der Waals surface area contributed by atoms with Crippen LogP contribution in [0.4, 0.5) is 28.4 Å². The van der Waals surface area contributed by atoms with Gasteiger partial charge in [0.05, 0.1) is 6.04 Å². The van der Waals surface area contributed by atoms with Crippen molar-refractivity contribution in [3.8, 4) is 55.6 Å².